The molecule has 1 aliphatic carbocycles. The molecular formula is C15H13N3. The molecule has 18 heavy (non-hydrogen) atoms. The normalized spacial score (nSPS) is 15.4. The molecule has 3 nitrogen and oxygen atoms in total. The molecule has 0 spiro atoms. The summed E-state index contributed by atoms with van der Waals surface area (Å²) >= 11 is 0. The highest BCUT2D eigenvalue weighted by Gasteiger charge is 2.21. The Labute approximate surface area is 107 Å². The molecule has 0 heterocycles. The van der Waals surface area contributed by atoms with Gasteiger partial charge in [-0.15, -0.1) is 0 Å². The zero-order chi connectivity index (χ0) is 13.0. The van der Waals surface area contributed by atoms with Gasteiger partial charge in [0.25, 0.3) is 0 Å². The van der Waals surface area contributed by atoms with E-state index in [9.17, 15) is 5.26 Å². The summed E-state index contributed by atoms with van der Waals surface area (Å²) in [6, 6.07) is 9.62. The Morgan fingerprint density at radius 1 is 0.833 bits per heavy atom. The van der Waals surface area contributed by atoms with Gasteiger partial charge < -0.3 is 0 Å². The zero-order valence-corrected chi connectivity index (χ0v) is 10.1. The van der Waals surface area contributed by atoms with Crippen molar-refractivity contribution in [1.29, 1.82) is 15.8 Å². The minimum atomic E-state index is 0.239. The van der Waals surface area contributed by atoms with E-state index in [2.05, 4.69) is 6.07 Å². The van der Waals surface area contributed by atoms with Crippen LogP contribution in [0.2, 0.25) is 0 Å². The lowest BCUT2D eigenvalue weighted by atomic mass is 9.80. The molecule has 1 aromatic rings. The third-order valence-corrected chi connectivity index (χ3v) is 3.63. The van der Waals surface area contributed by atoms with Crippen molar-refractivity contribution in [2.75, 3.05) is 0 Å². The molecule has 0 unspecified atom stereocenters. The maximum absolute atomic E-state index is 9.27. The fraction of sp³-hybridized carbons (Fsp3) is 0.400. The molecule has 1 aliphatic rings. The molecule has 0 saturated heterocycles. The first-order chi connectivity index (χ1) is 8.81. The molecule has 1 saturated carbocycles. The summed E-state index contributed by atoms with van der Waals surface area (Å²) in [6.07, 6.45) is 5.76. The fourth-order valence-electron chi connectivity index (χ4n) is 2.70. The van der Waals surface area contributed by atoms with E-state index in [1.165, 1.54) is 19.3 Å². The first kappa shape index (κ1) is 12.2. The summed E-state index contributed by atoms with van der Waals surface area (Å²) in [4.78, 5) is 0. The lowest BCUT2D eigenvalue weighted by molar-refractivity contribution is 0.443. The van der Waals surface area contributed by atoms with Crippen LogP contribution in [0.25, 0.3) is 0 Å². The van der Waals surface area contributed by atoms with Crippen LogP contribution in [0.5, 0.6) is 0 Å². The first-order valence-electron chi connectivity index (χ1n) is 6.19. The Morgan fingerprint density at radius 2 is 1.50 bits per heavy atom. The van der Waals surface area contributed by atoms with Crippen LogP contribution in [0.3, 0.4) is 0 Å². The number of nitriles is 3. The molecule has 0 aromatic heterocycles. The Bertz CT molecular complexity index is 575. The summed E-state index contributed by atoms with van der Waals surface area (Å²) in [7, 11) is 0. The average molecular weight is 235 g/mol. The Kier molecular flexibility index (Phi) is 3.61. The van der Waals surface area contributed by atoms with Gasteiger partial charge in [0.1, 0.15) is 18.2 Å². The van der Waals surface area contributed by atoms with E-state index >= 15 is 0 Å². The predicted octanol–water partition coefficient (Wildman–Crippen LogP) is 3.35. The molecule has 0 N–H and O–H groups in total. The monoisotopic (exact) mass is 235 g/mol. The predicted molar refractivity (Wildman–Crippen MR) is 66.4 cm³/mol. The second-order valence-corrected chi connectivity index (χ2v) is 4.62. The highest BCUT2D eigenvalue weighted by molar-refractivity contribution is 5.59. The second-order valence-electron chi connectivity index (χ2n) is 4.62. The van der Waals surface area contributed by atoms with E-state index in [4.69, 9.17) is 10.5 Å². The molecule has 88 valence electrons. The van der Waals surface area contributed by atoms with Crippen molar-refractivity contribution in [2.45, 2.75) is 38.0 Å². The van der Waals surface area contributed by atoms with Crippen LogP contribution in [-0.2, 0) is 0 Å². The van der Waals surface area contributed by atoms with Crippen molar-refractivity contribution < 1.29 is 0 Å². The van der Waals surface area contributed by atoms with Gasteiger partial charge in [-0.1, -0.05) is 25.3 Å². The lowest BCUT2D eigenvalue weighted by Gasteiger charge is -2.23. The minimum Gasteiger partial charge on any atom is -0.192 e. The highest BCUT2D eigenvalue weighted by atomic mass is 14.3. The minimum absolute atomic E-state index is 0.239. The molecule has 2 rings (SSSR count). The van der Waals surface area contributed by atoms with Crippen LogP contribution in [0.1, 0.15) is 60.3 Å². The quantitative estimate of drug-likeness (QED) is 0.749. The van der Waals surface area contributed by atoms with Crippen LogP contribution >= 0.6 is 0 Å². The Hall–Kier alpha value is -2.31. The van der Waals surface area contributed by atoms with Gasteiger partial charge in [-0.2, -0.15) is 15.8 Å². The van der Waals surface area contributed by atoms with Gasteiger partial charge >= 0.3 is 0 Å². The molecular weight excluding hydrogens is 222 g/mol. The van der Waals surface area contributed by atoms with Crippen LogP contribution in [0.15, 0.2) is 12.1 Å². The summed E-state index contributed by atoms with van der Waals surface area (Å²) in [5, 5.41) is 27.4. The third-order valence-electron chi connectivity index (χ3n) is 3.63. The number of benzene rings is 1. The first-order valence-corrected chi connectivity index (χ1v) is 6.19. The molecule has 3 heteroatoms. The maximum Gasteiger partial charge on any atom is 0.102 e. The second kappa shape index (κ2) is 5.35. The maximum atomic E-state index is 9.27. The molecule has 1 aromatic carbocycles. The van der Waals surface area contributed by atoms with E-state index in [1.54, 1.807) is 6.07 Å². The SMILES string of the molecule is N#Cc1ccc(C2CCCCC2)c(C#N)c1C#N. The molecule has 0 amide bonds. The van der Waals surface area contributed by atoms with Crippen molar-refractivity contribution in [2.24, 2.45) is 0 Å². The summed E-state index contributed by atoms with van der Waals surface area (Å²) < 4.78 is 0. The molecule has 0 radical (unpaired) electrons. The van der Waals surface area contributed by atoms with Gasteiger partial charge in [0.15, 0.2) is 0 Å². The van der Waals surface area contributed by atoms with Crippen LogP contribution in [0, 0.1) is 34.0 Å². The van der Waals surface area contributed by atoms with Crippen LogP contribution in [0.4, 0.5) is 0 Å². The van der Waals surface area contributed by atoms with Gasteiger partial charge in [0.2, 0.25) is 0 Å². The van der Waals surface area contributed by atoms with Crippen molar-refractivity contribution >= 4 is 0 Å². The van der Waals surface area contributed by atoms with Crippen molar-refractivity contribution in [3.63, 3.8) is 0 Å². The summed E-state index contributed by atoms with van der Waals surface area (Å²) in [5.41, 5.74) is 1.90. The lowest BCUT2D eigenvalue weighted by Crippen LogP contribution is -2.08. The van der Waals surface area contributed by atoms with E-state index in [-0.39, 0.29) is 5.56 Å². The topological polar surface area (TPSA) is 71.4 Å². The van der Waals surface area contributed by atoms with E-state index < -0.39 is 0 Å². The van der Waals surface area contributed by atoms with E-state index in [1.807, 2.05) is 18.2 Å². The van der Waals surface area contributed by atoms with E-state index in [0.717, 1.165) is 18.4 Å². The van der Waals surface area contributed by atoms with Gasteiger partial charge in [-0.05, 0) is 30.4 Å². The van der Waals surface area contributed by atoms with Gasteiger partial charge in [-0.3, -0.25) is 0 Å². The Balaban J connectivity index is 2.53. The molecule has 1 fully saturated rings. The standard InChI is InChI=1S/C15H13N3/c16-8-12-6-7-13(11-4-2-1-3-5-11)15(10-18)14(12)9-17/h6-7,11H,1-5H2. The summed E-state index contributed by atoms with van der Waals surface area (Å²) in [5.74, 6) is 0.369. The van der Waals surface area contributed by atoms with E-state index in [0.29, 0.717) is 17.0 Å². The smallest absolute Gasteiger partial charge is 0.102 e. The molecule has 0 aliphatic heterocycles. The number of nitrogens with zero attached hydrogens (tertiary/aromatic N) is 3. The fourth-order valence-corrected chi connectivity index (χ4v) is 2.70. The number of hydrogen-bond donors (Lipinski definition) is 0. The molecule has 0 atom stereocenters. The largest absolute Gasteiger partial charge is 0.192 e. The van der Waals surface area contributed by atoms with Crippen molar-refractivity contribution in [3.05, 3.63) is 34.4 Å². The van der Waals surface area contributed by atoms with Crippen LogP contribution in [-0.4, -0.2) is 0 Å². The van der Waals surface area contributed by atoms with Crippen LogP contribution < -0.4 is 0 Å². The number of hydrogen-bond acceptors (Lipinski definition) is 3. The van der Waals surface area contributed by atoms with Crippen molar-refractivity contribution in [1.82, 2.24) is 0 Å². The zero-order valence-electron chi connectivity index (χ0n) is 10.1. The summed E-state index contributed by atoms with van der Waals surface area (Å²) in [6.45, 7) is 0. The number of rotatable bonds is 1. The van der Waals surface area contributed by atoms with Crippen molar-refractivity contribution in [3.8, 4) is 18.2 Å². The Morgan fingerprint density at radius 3 is 2.06 bits per heavy atom. The highest BCUT2D eigenvalue weighted by Crippen LogP contribution is 2.35. The average Bonchev–Trinajstić information content (AvgIpc) is 2.46. The third kappa shape index (κ3) is 2.06. The van der Waals surface area contributed by atoms with Gasteiger partial charge in [0.05, 0.1) is 16.7 Å². The molecule has 0 bridgehead atoms. The van der Waals surface area contributed by atoms with Gasteiger partial charge in [0, 0.05) is 0 Å². The van der Waals surface area contributed by atoms with Gasteiger partial charge in [-0.25, -0.2) is 0 Å².